The number of carbonyl (C=O) groups excluding carboxylic acids is 1. The number of likely N-dealkylation sites (N-methyl/N-ethyl adjacent to an activating group) is 1. The lowest BCUT2D eigenvalue weighted by atomic mass is 10.1. The average molecular weight is 448 g/mol. The van der Waals surface area contributed by atoms with Crippen molar-refractivity contribution in [1.29, 1.82) is 0 Å². The molecule has 0 bridgehead atoms. The first kappa shape index (κ1) is 20.0. The molecule has 1 N–H and O–H groups in total. The summed E-state index contributed by atoms with van der Waals surface area (Å²) < 4.78 is 0. The topological polar surface area (TPSA) is 56.1 Å². The smallest absolute Gasteiger partial charge is 0.269 e. The first-order valence-electron chi connectivity index (χ1n) is 10.2. The van der Waals surface area contributed by atoms with Crippen molar-refractivity contribution in [2.24, 2.45) is 4.99 Å². The molecular formula is C24H21N3O2S2. The van der Waals surface area contributed by atoms with E-state index in [-0.39, 0.29) is 11.7 Å². The molecule has 2 heterocycles. The van der Waals surface area contributed by atoms with E-state index in [2.05, 4.69) is 24.0 Å². The highest BCUT2D eigenvalue weighted by molar-refractivity contribution is 8.19. The summed E-state index contributed by atoms with van der Waals surface area (Å²) in [5, 5.41) is 13.9. The van der Waals surface area contributed by atoms with Gasteiger partial charge in [-0.1, -0.05) is 54.2 Å². The molecule has 1 amide bonds. The molecule has 0 unspecified atom stereocenters. The van der Waals surface area contributed by atoms with Gasteiger partial charge in [-0.15, -0.1) is 0 Å². The van der Waals surface area contributed by atoms with Gasteiger partial charge in [-0.25, -0.2) is 4.99 Å². The van der Waals surface area contributed by atoms with Crippen molar-refractivity contribution in [3.05, 3.63) is 70.6 Å². The maximum Gasteiger partial charge on any atom is 0.269 e. The predicted molar refractivity (Wildman–Crippen MR) is 130 cm³/mol. The Morgan fingerprint density at radius 3 is 2.45 bits per heavy atom. The number of aliphatic imine (C=N–C) groups is 1. The third-order valence-electron chi connectivity index (χ3n) is 5.38. The van der Waals surface area contributed by atoms with Crippen molar-refractivity contribution in [2.45, 2.75) is 18.7 Å². The zero-order chi connectivity index (χ0) is 21.5. The molecule has 1 saturated heterocycles. The monoisotopic (exact) mass is 447 g/mol. The van der Waals surface area contributed by atoms with Gasteiger partial charge in [0.15, 0.2) is 5.17 Å². The number of aromatic hydroxyl groups is 1. The van der Waals surface area contributed by atoms with E-state index >= 15 is 0 Å². The summed E-state index contributed by atoms with van der Waals surface area (Å²) in [7, 11) is 0. The third-order valence-corrected chi connectivity index (χ3v) is 7.76. The number of benzene rings is 3. The number of phenols is 1. The molecule has 0 atom stereocenters. The van der Waals surface area contributed by atoms with Crippen molar-refractivity contribution < 1.29 is 9.90 Å². The Bertz CT molecular complexity index is 1270. The molecule has 3 aromatic carbocycles. The van der Waals surface area contributed by atoms with Gasteiger partial charge in [0.1, 0.15) is 21.4 Å². The number of rotatable bonds is 3. The van der Waals surface area contributed by atoms with Gasteiger partial charge in [0.05, 0.1) is 5.69 Å². The molecule has 1 fully saturated rings. The second kappa shape index (κ2) is 7.98. The first-order chi connectivity index (χ1) is 15.1. The quantitative estimate of drug-likeness (QED) is 0.504. The number of carbonyl (C=O) groups is 1. The van der Waals surface area contributed by atoms with Crippen LogP contribution in [-0.4, -0.2) is 34.2 Å². The van der Waals surface area contributed by atoms with Gasteiger partial charge in [-0.3, -0.25) is 9.69 Å². The lowest BCUT2D eigenvalue weighted by molar-refractivity contribution is -0.122. The van der Waals surface area contributed by atoms with Crippen molar-refractivity contribution in [3.63, 3.8) is 0 Å². The van der Waals surface area contributed by atoms with Gasteiger partial charge in [0, 0.05) is 23.4 Å². The standard InChI is InChI=1S/C24H21N3O2S2/c1-3-26-17-11-7-8-12-19(17)30-23(26)21-22(29)27(4-2)24(31-21)25-20-16-10-6-5-9-15(16)13-14-18(20)28/h5-14,28H,3-4H2,1-2H3/b23-21-,25-24?. The fraction of sp³-hybridized carbons (Fsp3) is 0.167. The highest BCUT2D eigenvalue weighted by Gasteiger charge is 2.39. The van der Waals surface area contributed by atoms with Crippen LogP contribution in [-0.2, 0) is 4.79 Å². The SMILES string of the molecule is CCN1C(=O)/C(=C2/Sc3ccccc3N2CC)SC1=Nc1c(O)ccc2ccccc12. The minimum Gasteiger partial charge on any atom is -0.506 e. The number of hydrogen-bond donors (Lipinski definition) is 1. The number of para-hydroxylation sites is 1. The summed E-state index contributed by atoms with van der Waals surface area (Å²) in [6.07, 6.45) is 0. The minimum absolute atomic E-state index is 0.0419. The Morgan fingerprint density at radius 1 is 0.903 bits per heavy atom. The molecule has 156 valence electrons. The number of hydrogen-bond acceptors (Lipinski definition) is 6. The third kappa shape index (κ3) is 3.28. The molecule has 0 saturated carbocycles. The van der Waals surface area contributed by atoms with Crippen LogP contribution in [0.3, 0.4) is 0 Å². The second-order valence-electron chi connectivity index (χ2n) is 7.15. The van der Waals surface area contributed by atoms with Crippen LogP contribution >= 0.6 is 23.5 Å². The number of amidine groups is 1. The summed E-state index contributed by atoms with van der Waals surface area (Å²) in [5.74, 6) is 0.0639. The van der Waals surface area contributed by atoms with Crippen molar-refractivity contribution in [1.82, 2.24) is 4.90 Å². The molecular weight excluding hydrogens is 426 g/mol. The van der Waals surface area contributed by atoms with Crippen LogP contribution in [0.15, 0.2) is 80.5 Å². The molecule has 3 aromatic rings. The number of anilines is 1. The van der Waals surface area contributed by atoms with Gasteiger partial charge in [-0.05, 0) is 49.2 Å². The predicted octanol–water partition coefficient (Wildman–Crippen LogP) is 5.93. The molecule has 0 aliphatic carbocycles. The number of fused-ring (bicyclic) bond motifs is 2. The second-order valence-corrected chi connectivity index (χ2v) is 9.16. The Morgan fingerprint density at radius 2 is 1.65 bits per heavy atom. The highest BCUT2D eigenvalue weighted by atomic mass is 32.2. The molecule has 5 rings (SSSR count). The molecule has 2 aliphatic heterocycles. The van der Waals surface area contributed by atoms with E-state index in [1.807, 2.05) is 49.4 Å². The summed E-state index contributed by atoms with van der Waals surface area (Å²) in [6, 6.07) is 19.5. The molecule has 5 nitrogen and oxygen atoms in total. The normalized spacial score (nSPS) is 19.7. The lowest BCUT2D eigenvalue weighted by Crippen LogP contribution is -2.29. The van der Waals surface area contributed by atoms with Crippen LogP contribution in [0.4, 0.5) is 11.4 Å². The molecule has 0 radical (unpaired) electrons. The van der Waals surface area contributed by atoms with Crippen LogP contribution < -0.4 is 4.90 Å². The van der Waals surface area contributed by atoms with Crippen LogP contribution in [0, 0.1) is 0 Å². The average Bonchev–Trinajstić information content (AvgIpc) is 3.32. The fourth-order valence-electron chi connectivity index (χ4n) is 3.87. The molecule has 31 heavy (non-hydrogen) atoms. The van der Waals surface area contributed by atoms with Gasteiger partial charge in [0.2, 0.25) is 0 Å². The van der Waals surface area contributed by atoms with Crippen LogP contribution in [0.1, 0.15) is 13.8 Å². The number of amides is 1. The number of phenolic OH excluding ortho intramolecular Hbond substituents is 1. The van der Waals surface area contributed by atoms with Crippen molar-refractivity contribution in [2.75, 3.05) is 18.0 Å². The zero-order valence-electron chi connectivity index (χ0n) is 17.2. The number of thioether (sulfide) groups is 2. The Balaban J connectivity index is 1.62. The molecule has 0 spiro atoms. The van der Waals surface area contributed by atoms with E-state index in [1.165, 1.54) is 11.8 Å². The maximum absolute atomic E-state index is 13.3. The minimum atomic E-state index is -0.0419. The van der Waals surface area contributed by atoms with E-state index in [0.717, 1.165) is 32.9 Å². The van der Waals surface area contributed by atoms with E-state index < -0.39 is 0 Å². The largest absolute Gasteiger partial charge is 0.506 e. The molecule has 7 heteroatoms. The van der Waals surface area contributed by atoms with Crippen LogP contribution in [0.5, 0.6) is 5.75 Å². The molecule has 0 aromatic heterocycles. The van der Waals surface area contributed by atoms with Gasteiger partial charge >= 0.3 is 0 Å². The number of nitrogens with zero attached hydrogens (tertiary/aromatic N) is 3. The zero-order valence-corrected chi connectivity index (χ0v) is 18.8. The lowest BCUT2D eigenvalue weighted by Gasteiger charge is -2.19. The summed E-state index contributed by atoms with van der Waals surface area (Å²) in [6.45, 7) is 5.32. The Hall–Kier alpha value is -2.90. The first-order valence-corrected chi connectivity index (χ1v) is 11.8. The highest BCUT2D eigenvalue weighted by Crippen LogP contribution is 2.50. The van der Waals surface area contributed by atoms with E-state index in [1.54, 1.807) is 22.7 Å². The van der Waals surface area contributed by atoms with Crippen molar-refractivity contribution in [3.8, 4) is 5.75 Å². The van der Waals surface area contributed by atoms with E-state index in [9.17, 15) is 9.90 Å². The van der Waals surface area contributed by atoms with Gasteiger partial charge in [-0.2, -0.15) is 0 Å². The molecule has 2 aliphatic rings. The fourth-order valence-corrected chi connectivity index (χ4v) is 6.31. The maximum atomic E-state index is 13.3. The Labute approximate surface area is 189 Å². The van der Waals surface area contributed by atoms with Gasteiger partial charge < -0.3 is 10.0 Å². The van der Waals surface area contributed by atoms with Crippen molar-refractivity contribution >= 4 is 56.7 Å². The van der Waals surface area contributed by atoms with Gasteiger partial charge in [0.25, 0.3) is 5.91 Å². The van der Waals surface area contributed by atoms with E-state index in [0.29, 0.717) is 22.3 Å². The Kier molecular flexibility index (Phi) is 5.16. The summed E-state index contributed by atoms with van der Waals surface area (Å²) >= 11 is 3.01. The van der Waals surface area contributed by atoms with Crippen LogP contribution in [0.25, 0.3) is 10.8 Å². The summed E-state index contributed by atoms with van der Waals surface area (Å²) in [5.41, 5.74) is 1.62. The van der Waals surface area contributed by atoms with E-state index in [4.69, 9.17) is 4.99 Å². The summed E-state index contributed by atoms with van der Waals surface area (Å²) in [4.78, 5) is 23.8. The van der Waals surface area contributed by atoms with Crippen LogP contribution in [0.2, 0.25) is 0 Å².